The summed E-state index contributed by atoms with van der Waals surface area (Å²) in [6.45, 7) is 16.7. The first-order valence-electron chi connectivity index (χ1n) is 27.4. The molecule has 6 aliphatic carbocycles. The molecule has 1 spiro atoms. The molecule has 4 nitrogen and oxygen atoms in total. The Morgan fingerprint density at radius 3 is 1.79 bits per heavy atom. The lowest BCUT2D eigenvalue weighted by Gasteiger charge is -2.42. The van der Waals surface area contributed by atoms with Crippen molar-refractivity contribution in [2.45, 2.75) is 187 Å². The number of aromatic nitrogens is 2. The predicted molar refractivity (Wildman–Crippen MR) is 284 cm³/mol. The molecule has 3 fully saturated rings. The first-order chi connectivity index (χ1) is 32.9. The van der Waals surface area contributed by atoms with Crippen LogP contribution < -0.4 is 0 Å². The van der Waals surface area contributed by atoms with E-state index in [1.807, 2.05) is 0 Å². The number of carbonyl (C=O) groups excluding carboxylic acids is 1. The summed E-state index contributed by atoms with van der Waals surface area (Å²) in [6, 6.07) is 25.5. The highest BCUT2D eigenvalue weighted by Crippen LogP contribution is 2.59. The molecule has 0 aliphatic heterocycles. The molecule has 4 aromatic heterocycles. The van der Waals surface area contributed by atoms with Crippen LogP contribution in [0.25, 0.3) is 76.2 Å². The monoisotopic (exact) mass is 896 g/mol. The molecule has 15 rings (SSSR count). The minimum atomic E-state index is -0.292. The maximum Gasteiger partial charge on any atom is 0.169 e. The summed E-state index contributed by atoms with van der Waals surface area (Å²) in [5, 5.41) is 21.8. The minimum Gasteiger partial charge on any atom is -0.308 e. The highest BCUT2D eigenvalue weighted by molar-refractivity contribution is 6.30. The molecule has 0 atom stereocenters. The van der Waals surface area contributed by atoms with Crippen LogP contribution >= 0.6 is 0 Å². The topological polar surface area (TPSA) is 49.7 Å². The van der Waals surface area contributed by atoms with Gasteiger partial charge in [-0.2, -0.15) is 5.26 Å². The first-order valence-corrected chi connectivity index (χ1v) is 27.4. The Labute approximate surface area is 402 Å². The molecule has 0 saturated heterocycles. The number of carbonyl (C=O) groups is 1. The number of hydrogen-bond donors (Lipinski definition) is 0. The molecular weight excluding hydrogens is 827 g/mol. The molecule has 0 radical (unpaired) electrons. The average molecular weight is 896 g/mol. The zero-order valence-electron chi connectivity index (χ0n) is 42.0. The zero-order valence-corrected chi connectivity index (χ0v) is 42.0. The van der Waals surface area contributed by atoms with Crippen LogP contribution in [0.15, 0.2) is 54.6 Å². The third kappa shape index (κ3) is 4.95. The number of fused-ring (bicyclic) bond motifs is 16. The average Bonchev–Trinajstić information content (AvgIpc) is 4.21. The third-order valence-electron chi connectivity index (χ3n) is 21.9. The molecule has 6 aliphatic rings. The second kappa shape index (κ2) is 13.8. The summed E-state index contributed by atoms with van der Waals surface area (Å²) >= 11 is 0. The Hall–Kier alpha value is -5.14. The van der Waals surface area contributed by atoms with E-state index in [0.717, 1.165) is 75.3 Å². The van der Waals surface area contributed by atoms with E-state index < -0.39 is 0 Å². The fourth-order valence-corrected chi connectivity index (χ4v) is 17.3. The summed E-state index contributed by atoms with van der Waals surface area (Å²) in [4.78, 5) is 15.3. The van der Waals surface area contributed by atoms with Gasteiger partial charge in [0.25, 0.3) is 0 Å². The fourth-order valence-electron chi connectivity index (χ4n) is 17.3. The second-order valence-corrected chi connectivity index (χ2v) is 24.5. The van der Waals surface area contributed by atoms with E-state index in [-0.39, 0.29) is 21.7 Å². The number of nitrogens with zero attached hydrogens (tertiary/aromatic N) is 3. The number of Topliss-reactive ketones (excluding diaryl/α,β-unsaturated/α-hetero) is 1. The molecule has 9 aromatic rings. The van der Waals surface area contributed by atoms with Crippen molar-refractivity contribution < 1.29 is 4.79 Å². The lowest BCUT2D eigenvalue weighted by Crippen LogP contribution is -2.39. The third-order valence-corrected chi connectivity index (χ3v) is 21.9. The molecule has 3 saturated carbocycles. The van der Waals surface area contributed by atoms with E-state index in [9.17, 15) is 5.26 Å². The Morgan fingerprint density at radius 1 is 0.618 bits per heavy atom. The van der Waals surface area contributed by atoms with E-state index in [4.69, 9.17) is 0 Å². The maximum atomic E-state index is 15.3. The van der Waals surface area contributed by atoms with Crippen molar-refractivity contribution in [3.05, 3.63) is 93.5 Å². The summed E-state index contributed by atoms with van der Waals surface area (Å²) in [6.07, 6.45) is 22.3. The van der Waals surface area contributed by atoms with Crippen LogP contribution in [0.5, 0.6) is 0 Å². The molecular formula is C64H69N3O. The quantitative estimate of drug-likeness (QED) is 0.160. The van der Waals surface area contributed by atoms with Crippen LogP contribution in [0.2, 0.25) is 0 Å². The van der Waals surface area contributed by atoms with E-state index in [2.05, 4.69) is 118 Å². The van der Waals surface area contributed by atoms with Crippen LogP contribution in [0.3, 0.4) is 0 Å². The van der Waals surface area contributed by atoms with Crippen LogP contribution in [-0.4, -0.2) is 14.6 Å². The Balaban J connectivity index is 1.15. The molecule has 68 heavy (non-hydrogen) atoms. The van der Waals surface area contributed by atoms with Crippen molar-refractivity contribution >= 4 is 82.0 Å². The Bertz CT molecular complexity index is 3680. The molecule has 2 bridgehead atoms. The van der Waals surface area contributed by atoms with Crippen molar-refractivity contribution in [3.8, 4) is 6.07 Å². The standard InChI is InChI=1S/C64H69N3O/c1-8-62(9-2,10-3)39-26-44-41-30-51-47(59(68)64(37(5)6)23-21-60(51,7)22-24-64)33-54(41)66-52-31-43-46-28-40(63(11-4)19-13-12-14-20-63)29-48-56-50-35-61(17-15-16-18-61)34-49(50)38(36-65)25-55(56)67(58(46)48)53(43)32-42(52)45(27-39)57(44)66/h25-33,37H,8-24,34-35H2,1-7H3. The molecule has 4 heterocycles. The van der Waals surface area contributed by atoms with Crippen molar-refractivity contribution in [2.75, 3.05) is 0 Å². The van der Waals surface area contributed by atoms with E-state index >= 15 is 4.79 Å². The van der Waals surface area contributed by atoms with Crippen LogP contribution in [0.4, 0.5) is 0 Å². The van der Waals surface area contributed by atoms with Crippen LogP contribution in [-0.2, 0) is 29.1 Å². The molecule has 4 heteroatoms. The number of rotatable bonds is 7. The second-order valence-electron chi connectivity index (χ2n) is 24.5. The van der Waals surface area contributed by atoms with Gasteiger partial charge in [-0.3, -0.25) is 4.79 Å². The zero-order chi connectivity index (χ0) is 46.4. The van der Waals surface area contributed by atoms with Gasteiger partial charge in [0.2, 0.25) is 0 Å². The maximum absolute atomic E-state index is 15.3. The Morgan fingerprint density at radius 2 is 1.18 bits per heavy atom. The van der Waals surface area contributed by atoms with Gasteiger partial charge in [-0.1, -0.05) is 80.6 Å². The summed E-state index contributed by atoms with van der Waals surface area (Å²) in [5.74, 6) is 0.695. The van der Waals surface area contributed by atoms with Crippen molar-refractivity contribution in [2.24, 2.45) is 16.7 Å². The van der Waals surface area contributed by atoms with Gasteiger partial charge < -0.3 is 8.80 Å². The van der Waals surface area contributed by atoms with Gasteiger partial charge in [-0.25, -0.2) is 0 Å². The smallest absolute Gasteiger partial charge is 0.169 e. The largest absolute Gasteiger partial charge is 0.308 e. The fraction of sp³-hybridized carbons (Fsp3) is 0.500. The lowest BCUT2D eigenvalue weighted by molar-refractivity contribution is 0.0543. The van der Waals surface area contributed by atoms with Gasteiger partial charge >= 0.3 is 0 Å². The van der Waals surface area contributed by atoms with Crippen molar-refractivity contribution in [3.63, 3.8) is 0 Å². The van der Waals surface area contributed by atoms with Crippen molar-refractivity contribution in [1.82, 2.24) is 8.80 Å². The number of hydrogen-bond acceptors (Lipinski definition) is 2. The summed E-state index contributed by atoms with van der Waals surface area (Å²) in [7, 11) is 0. The Kier molecular flexibility index (Phi) is 8.48. The van der Waals surface area contributed by atoms with Gasteiger partial charge in [0.05, 0.1) is 44.7 Å². The molecule has 0 amide bonds. The molecule has 0 unspecified atom stereocenters. The SMILES string of the molecule is CCC(CC)(CC)c1cc2c3cc4c(cc3n3c5cc6c7cc(C8(CC)CCCCC8)cc8c9c%10c(c(C#N)cc9n(c6cc5c(c1)c23)c78)CC1(CCCC1)C%10)C(=O)C1(C(C)C)CCC4(C)CC1. The van der Waals surface area contributed by atoms with Gasteiger partial charge in [0.1, 0.15) is 0 Å². The van der Waals surface area contributed by atoms with Gasteiger partial charge in [-0.15, -0.1) is 0 Å². The summed E-state index contributed by atoms with van der Waals surface area (Å²) in [5.41, 5.74) is 16.8. The number of ketones is 1. The highest BCUT2D eigenvalue weighted by atomic mass is 16.1. The van der Waals surface area contributed by atoms with Gasteiger partial charge in [0.15, 0.2) is 5.78 Å². The van der Waals surface area contributed by atoms with Gasteiger partial charge in [0, 0.05) is 54.1 Å². The van der Waals surface area contributed by atoms with E-state index in [1.165, 1.54) is 162 Å². The molecule has 346 valence electrons. The highest BCUT2D eigenvalue weighted by Gasteiger charge is 2.53. The molecule has 5 aromatic carbocycles. The van der Waals surface area contributed by atoms with E-state index in [1.54, 1.807) is 0 Å². The molecule has 0 N–H and O–H groups in total. The van der Waals surface area contributed by atoms with Crippen LogP contribution in [0.1, 0.15) is 201 Å². The first kappa shape index (κ1) is 41.8. The minimum absolute atomic E-state index is 0.00413. The predicted octanol–water partition coefficient (Wildman–Crippen LogP) is 17.3. The number of benzene rings is 5. The van der Waals surface area contributed by atoms with Crippen molar-refractivity contribution in [1.29, 1.82) is 5.26 Å². The van der Waals surface area contributed by atoms with E-state index in [0.29, 0.717) is 17.1 Å². The summed E-state index contributed by atoms with van der Waals surface area (Å²) < 4.78 is 5.21. The van der Waals surface area contributed by atoms with Crippen LogP contribution in [0, 0.1) is 28.1 Å². The normalized spacial score (nSPS) is 23.7. The van der Waals surface area contributed by atoms with Gasteiger partial charge in [-0.05, 0) is 200 Å². The number of nitriles is 1. The lowest BCUT2D eigenvalue weighted by atomic mass is 9.60.